The number of benzene rings is 3. The molecule has 7 nitrogen and oxygen atoms in total. The number of carbonyl (C=O) groups is 1. The maximum atomic E-state index is 12.8. The highest BCUT2D eigenvalue weighted by atomic mass is 35.5. The Morgan fingerprint density at radius 2 is 1.72 bits per heavy atom. The van der Waals surface area contributed by atoms with Gasteiger partial charge >= 0.3 is 0 Å². The third kappa shape index (κ3) is 4.51. The average molecular weight is 468 g/mol. The molecule has 3 aromatic carbocycles. The van der Waals surface area contributed by atoms with Gasteiger partial charge in [-0.1, -0.05) is 17.7 Å². The second-order valence-corrected chi connectivity index (χ2v) is 7.50. The lowest BCUT2D eigenvalue weighted by atomic mass is 10.1. The zero-order valence-electron chi connectivity index (χ0n) is 17.1. The molecule has 2 N–H and O–H groups in total. The summed E-state index contributed by atoms with van der Waals surface area (Å²) < 4.78 is 16.4. The van der Waals surface area contributed by atoms with Crippen LogP contribution in [0.3, 0.4) is 0 Å². The Balaban J connectivity index is 1.50. The minimum atomic E-state index is -0.454. The fraction of sp³-hybridized carbons (Fsp3) is 0.0870. The molecule has 162 valence electrons. The van der Waals surface area contributed by atoms with Crippen LogP contribution in [0.25, 0.3) is 22.6 Å². The molecule has 4 aromatic rings. The lowest BCUT2D eigenvalue weighted by Crippen LogP contribution is -2.34. The van der Waals surface area contributed by atoms with Crippen molar-refractivity contribution >= 4 is 51.6 Å². The topological polar surface area (TPSA) is 85.6 Å². The second-order valence-electron chi connectivity index (χ2n) is 6.65. The van der Waals surface area contributed by atoms with Crippen LogP contribution >= 0.6 is 23.8 Å². The normalized spacial score (nSPS) is 10.6. The van der Waals surface area contributed by atoms with Gasteiger partial charge in [0.1, 0.15) is 22.6 Å². The number of nitrogens with one attached hydrogen (secondary N) is 2. The molecule has 9 heteroatoms. The van der Waals surface area contributed by atoms with Gasteiger partial charge < -0.3 is 19.2 Å². The molecule has 0 spiro atoms. The molecule has 0 aliphatic rings. The van der Waals surface area contributed by atoms with Gasteiger partial charge in [-0.15, -0.1) is 0 Å². The first-order valence-corrected chi connectivity index (χ1v) is 10.3. The number of rotatable bonds is 5. The van der Waals surface area contributed by atoms with Crippen LogP contribution in [-0.2, 0) is 0 Å². The van der Waals surface area contributed by atoms with Crippen molar-refractivity contribution < 1.29 is 18.7 Å². The van der Waals surface area contributed by atoms with Crippen molar-refractivity contribution in [3.05, 3.63) is 71.2 Å². The highest BCUT2D eigenvalue weighted by Crippen LogP contribution is 2.29. The van der Waals surface area contributed by atoms with Gasteiger partial charge in [0.25, 0.3) is 5.91 Å². The van der Waals surface area contributed by atoms with Crippen LogP contribution in [0, 0.1) is 0 Å². The number of oxazole rings is 1. The first-order valence-electron chi connectivity index (χ1n) is 9.48. The largest absolute Gasteiger partial charge is 0.496 e. The fourth-order valence-corrected chi connectivity index (χ4v) is 3.46. The summed E-state index contributed by atoms with van der Waals surface area (Å²) in [6.07, 6.45) is 0. The average Bonchev–Trinajstić information content (AvgIpc) is 3.22. The number of halogens is 1. The third-order valence-corrected chi connectivity index (χ3v) is 5.07. The summed E-state index contributed by atoms with van der Waals surface area (Å²) in [5.74, 6) is 0.782. The van der Waals surface area contributed by atoms with E-state index in [4.69, 9.17) is 37.7 Å². The van der Waals surface area contributed by atoms with Crippen LogP contribution in [0.4, 0.5) is 5.69 Å². The molecule has 0 saturated carbocycles. The van der Waals surface area contributed by atoms with Gasteiger partial charge in [0.15, 0.2) is 10.7 Å². The van der Waals surface area contributed by atoms with Crippen LogP contribution in [0.2, 0.25) is 5.02 Å². The molecule has 1 aromatic heterocycles. The maximum Gasteiger partial charge on any atom is 0.264 e. The summed E-state index contributed by atoms with van der Waals surface area (Å²) in [7, 11) is 2.96. The van der Waals surface area contributed by atoms with Crippen molar-refractivity contribution in [1.29, 1.82) is 0 Å². The van der Waals surface area contributed by atoms with Gasteiger partial charge in [-0.25, -0.2) is 4.98 Å². The van der Waals surface area contributed by atoms with Crippen molar-refractivity contribution in [1.82, 2.24) is 10.3 Å². The molecule has 0 unspecified atom stereocenters. The van der Waals surface area contributed by atoms with Crippen molar-refractivity contribution in [2.24, 2.45) is 0 Å². The molecule has 1 amide bonds. The number of ether oxygens (including phenoxy) is 2. The van der Waals surface area contributed by atoms with E-state index < -0.39 is 5.91 Å². The minimum absolute atomic E-state index is 0.115. The van der Waals surface area contributed by atoms with Gasteiger partial charge in [-0.3, -0.25) is 10.1 Å². The molecule has 4 rings (SSSR count). The van der Waals surface area contributed by atoms with E-state index in [1.54, 1.807) is 48.5 Å². The number of methoxy groups -OCH3 is 2. The molecule has 0 saturated heterocycles. The highest BCUT2D eigenvalue weighted by molar-refractivity contribution is 7.80. The lowest BCUT2D eigenvalue weighted by Gasteiger charge is -2.14. The van der Waals surface area contributed by atoms with Gasteiger partial charge in [0.05, 0.1) is 14.2 Å². The number of nitrogens with zero attached hydrogens (tertiary/aromatic N) is 1. The first-order chi connectivity index (χ1) is 15.5. The van der Waals surface area contributed by atoms with Crippen molar-refractivity contribution in [3.63, 3.8) is 0 Å². The maximum absolute atomic E-state index is 12.8. The quantitative estimate of drug-likeness (QED) is 0.385. The highest BCUT2D eigenvalue weighted by Gasteiger charge is 2.19. The monoisotopic (exact) mass is 467 g/mol. The summed E-state index contributed by atoms with van der Waals surface area (Å²) in [4.78, 5) is 17.3. The molecular weight excluding hydrogens is 450 g/mol. The SMILES string of the molecule is COc1cccc(OC)c1C(=O)NC(=S)Nc1ccc2oc(-c3ccc(Cl)cc3)nc2c1. The Morgan fingerprint density at radius 3 is 2.38 bits per heavy atom. The molecule has 0 radical (unpaired) electrons. The Bertz CT molecular complexity index is 1280. The third-order valence-electron chi connectivity index (χ3n) is 4.62. The van der Waals surface area contributed by atoms with Crippen LogP contribution in [-0.4, -0.2) is 30.2 Å². The first kappa shape index (κ1) is 21.6. The molecule has 0 fully saturated rings. The van der Waals surface area contributed by atoms with E-state index in [1.807, 2.05) is 12.1 Å². The number of amides is 1. The van der Waals surface area contributed by atoms with E-state index in [9.17, 15) is 4.79 Å². The smallest absolute Gasteiger partial charge is 0.264 e. The number of aromatic nitrogens is 1. The predicted octanol–water partition coefficient (Wildman–Crippen LogP) is 5.29. The predicted molar refractivity (Wildman–Crippen MR) is 128 cm³/mol. The molecule has 32 heavy (non-hydrogen) atoms. The minimum Gasteiger partial charge on any atom is -0.496 e. The Kier molecular flexibility index (Phi) is 6.25. The second kappa shape index (κ2) is 9.25. The van der Waals surface area contributed by atoms with E-state index in [0.717, 1.165) is 5.56 Å². The van der Waals surface area contributed by atoms with Gasteiger partial charge in [-0.05, 0) is 66.8 Å². The van der Waals surface area contributed by atoms with Crippen molar-refractivity contribution in [2.75, 3.05) is 19.5 Å². The van der Waals surface area contributed by atoms with Crippen LogP contribution in [0.1, 0.15) is 10.4 Å². The van der Waals surface area contributed by atoms with E-state index in [0.29, 0.717) is 39.2 Å². The standard InChI is InChI=1S/C23H18ClN3O4S/c1-29-18-4-3-5-19(30-2)20(18)21(28)27-23(32)25-15-10-11-17-16(12-15)26-22(31-17)13-6-8-14(24)9-7-13/h3-12H,1-2H3,(H2,25,27,28,32). The summed E-state index contributed by atoms with van der Waals surface area (Å²) in [5.41, 5.74) is 2.97. The number of hydrogen-bond acceptors (Lipinski definition) is 6. The zero-order chi connectivity index (χ0) is 22.7. The van der Waals surface area contributed by atoms with Gasteiger partial charge in [0.2, 0.25) is 5.89 Å². The van der Waals surface area contributed by atoms with Crippen molar-refractivity contribution in [3.8, 4) is 23.0 Å². The van der Waals surface area contributed by atoms with Crippen molar-refractivity contribution in [2.45, 2.75) is 0 Å². The van der Waals surface area contributed by atoms with E-state index >= 15 is 0 Å². The molecular formula is C23H18ClN3O4S. The molecule has 0 aliphatic heterocycles. The Labute approximate surface area is 194 Å². The van der Waals surface area contributed by atoms with Gasteiger partial charge in [-0.2, -0.15) is 0 Å². The summed E-state index contributed by atoms with van der Waals surface area (Å²) >= 11 is 11.2. The molecule has 0 atom stereocenters. The van der Waals surface area contributed by atoms with E-state index in [2.05, 4.69) is 15.6 Å². The van der Waals surface area contributed by atoms with Crippen LogP contribution in [0.15, 0.2) is 65.1 Å². The van der Waals surface area contributed by atoms with Crippen LogP contribution in [0.5, 0.6) is 11.5 Å². The number of hydrogen-bond donors (Lipinski definition) is 2. The number of anilines is 1. The molecule has 1 heterocycles. The van der Waals surface area contributed by atoms with Gasteiger partial charge in [0, 0.05) is 16.3 Å². The Morgan fingerprint density at radius 1 is 1.03 bits per heavy atom. The molecule has 0 aliphatic carbocycles. The summed E-state index contributed by atoms with van der Waals surface area (Å²) in [6.45, 7) is 0. The molecule has 0 bridgehead atoms. The number of fused-ring (bicyclic) bond motifs is 1. The number of thiocarbonyl (C=S) groups is 1. The van der Waals surface area contributed by atoms with E-state index in [-0.39, 0.29) is 10.7 Å². The Hall–Kier alpha value is -3.62. The fourth-order valence-electron chi connectivity index (χ4n) is 3.12. The van der Waals surface area contributed by atoms with Crippen LogP contribution < -0.4 is 20.1 Å². The zero-order valence-corrected chi connectivity index (χ0v) is 18.7. The summed E-state index contributed by atoms with van der Waals surface area (Å²) in [6, 6.07) is 17.6. The lowest BCUT2D eigenvalue weighted by molar-refractivity contribution is 0.0971. The number of carbonyl (C=O) groups excluding carboxylic acids is 1. The van der Waals surface area contributed by atoms with E-state index in [1.165, 1.54) is 14.2 Å². The summed E-state index contributed by atoms with van der Waals surface area (Å²) in [5, 5.41) is 6.38.